The molecule has 7 nitrogen and oxygen atoms in total. The van der Waals surface area contributed by atoms with Crippen molar-refractivity contribution in [3.8, 4) is 0 Å². The number of aliphatic hydroxyl groups is 1. The molecule has 0 unspecified atom stereocenters. The van der Waals surface area contributed by atoms with Gasteiger partial charge in [0.2, 0.25) is 10.0 Å². The summed E-state index contributed by atoms with van der Waals surface area (Å²) in [5.74, 6) is -1.55. The fourth-order valence-corrected chi connectivity index (χ4v) is 1.83. The fraction of sp³-hybridized carbons (Fsp3) is 0.889. The number of carbonyl (C=O) groups is 1. The second-order valence-electron chi connectivity index (χ2n) is 3.78. The van der Waals surface area contributed by atoms with E-state index < -0.39 is 22.1 Å². The minimum atomic E-state index is -3.48. The lowest BCUT2D eigenvalue weighted by molar-refractivity contribution is -0.146. The van der Waals surface area contributed by atoms with E-state index in [1.165, 1.54) is 0 Å². The zero-order valence-electron chi connectivity index (χ0n) is 9.92. The van der Waals surface area contributed by atoms with E-state index in [1.807, 2.05) is 0 Å². The number of aliphatic carboxylic acids is 1. The van der Waals surface area contributed by atoms with Crippen LogP contribution in [0.25, 0.3) is 0 Å². The van der Waals surface area contributed by atoms with Crippen LogP contribution in [-0.4, -0.2) is 55.7 Å². The maximum atomic E-state index is 11.3. The van der Waals surface area contributed by atoms with E-state index in [9.17, 15) is 13.2 Å². The first-order valence-electron chi connectivity index (χ1n) is 5.24. The number of nitrogens with one attached hydrogen (secondary N) is 1. The molecule has 0 bridgehead atoms. The van der Waals surface area contributed by atoms with Gasteiger partial charge in [-0.05, 0) is 20.3 Å². The first-order valence-corrected chi connectivity index (χ1v) is 6.89. The van der Waals surface area contributed by atoms with E-state index in [1.54, 1.807) is 13.8 Å². The van der Waals surface area contributed by atoms with E-state index >= 15 is 0 Å². The Balaban J connectivity index is 3.82. The number of aliphatic hydroxyl groups excluding tert-OH is 1. The van der Waals surface area contributed by atoms with Crippen molar-refractivity contribution in [3.63, 3.8) is 0 Å². The summed E-state index contributed by atoms with van der Waals surface area (Å²) in [6.45, 7) is 3.55. The molecule has 3 N–H and O–H groups in total. The van der Waals surface area contributed by atoms with E-state index in [2.05, 4.69) is 4.72 Å². The third-order valence-corrected chi connectivity index (χ3v) is 3.18. The van der Waals surface area contributed by atoms with Crippen molar-refractivity contribution in [3.05, 3.63) is 0 Å². The smallest absolute Gasteiger partial charge is 0.332 e. The van der Waals surface area contributed by atoms with Crippen LogP contribution < -0.4 is 4.72 Å². The summed E-state index contributed by atoms with van der Waals surface area (Å²) in [5, 5.41) is 17.3. The van der Waals surface area contributed by atoms with Gasteiger partial charge in [-0.25, -0.2) is 17.9 Å². The number of rotatable bonds is 9. The minimum Gasteiger partial charge on any atom is -0.479 e. The molecule has 102 valence electrons. The van der Waals surface area contributed by atoms with Gasteiger partial charge in [0, 0.05) is 6.54 Å². The molecule has 0 aliphatic rings. The summed E-state index contributed by atoms with van der Waals surface area (Å²) in [6.07, 6.45) is -1.76. The van der Waals surface area contributed by atoms with Gasteiger partial charge in [-0.3, -0.25) is 0 Å². The molecule has 0 aromatic heterocycles. The molecule has 17 heavy (non-hydrogen) atoms. The van der Waals surface area contributed by atoms with Crippen LogP contribution in [0, 0.1) is 0 Å². The van der Waals surface area contributed by atoms with Crippen LogP contribution >= 0.6 is 0 Å². The van der Waals surface area contributed by atoms with E-state index in [0.717, 1.165) is 0 Å². The molecule has 0 saturated carbocycles. The van der Waals surface area contributed by atoms with Crippen molar-refractivity contribution < 1.29 is 28.2 Å². The highest BCUT2D eigenvalue weighted by Crippen LogP contribution is 1.94. The fourth-order valence-electron chi connectivity index (χ4n) is 0.940. The number of carboxylic acids is 1. The standard InChI is InChI=1S/C9H19NO6S/c1-7(2)16-5-6-17(14,15)10-4-3-8(11)9(12)13/h7-8,10-11H,3-6H2,1-2H3,(H,12,13)/t8-/m0/s1. The monoisotopic (exact) mass is 269 g/mol. The van der Waals surface area contributed by atoms with Crippen molar-refractivity contribution in [2.45, 2.75) is 32.5 Å². The van der Waals surface area contributed by atoms with Crippen molar-refractivity contribution in [2.75, 3.05) is 18.9 Å². The molecular formula is C9H19NO6S. The Morgan fingerprint density at radius 2 is 2.00 bits per heavy atom. The SMILES string of the molecule is CC(C)OCCS(=O)(=O)NCC[C@H](O)C(=O)O. The summed E-state index contributed by atoms with van der Waals surface area (Å²) in [4.78, 5) is 10.3. The van der Waals surface area contributed by atoms with E-state index in [-0.39, 0.29) is 31.4 Å². The molecule has 0 rings (SSSR count). The zero-order valence-corrected chi connectivity index (χ0v) is 10.7. The van der Waals surface area contributed by atoms with E-state index in [0.29, 0.717) is 0 Å². The second kappa shape index (κ2) is 7.59. The average Bonchev–Trinajstić information content (AvgIpc) is 2.15. The molecule has 0 radical (unpaired) electrons. The van der Waals surface area contributed by atoms with Gasteiger partial charge in [-0.15, -0.1) is 0 Å². The lowest BCUT2D eigenvalue weighted by atomic mass is 10.3. The summed E-state index contributed by atoms with van der Waals surface area (Å²) in [5.41, 5.74) is 0. The van der Waals surface area contributed by atoms with Crippen LogP contribution in [0.5, 0.6) is 0 Å². The topological polar surface area (TPSA) is 113 Å². The second-order valence-corrected chi connectivity index (χ2v) is 5.70. The highest BCUT2D eigenvalue weighted by atomic mass is 32.2. The molecule has 0 aliphatic carbocycles. The Hall–Kier alpha value is -0.700. The third-order valence-electron chi connectivity index (χ3n) is 1.83. The maximum Gasteiger partial charge on any atom is 0.332 e. The number of carboxylic acid groups (broad SMARTS) is 1. The first kappa shape index (κ1) is 16.3. The Morgan fingerprint density at radius 3 is 2.47 bits per heavy atom. The van der Waals surface area contributed by atoms with Gasteiger partial charge >= 0.3 is 5.97 Å². The summed E-state index contributed by atoms with van der Waals surface area (Å²) < 4.78 is 30.0. The molecule has 0 fully saturated rings. The van der Waals surface area contributed by atoms with Gasteiger partial charge in [0.15, 0.2) is 6.10 Å². The summed E-state index contributed by atoms with van der Waals surface area (Å²) in [6, 6.07) is 0. The van der Waals surface area contributed by atoms with Gasteiger partial charge in [-0.2, -0.15) is 0 Å². The van der Waals surface area contributed by atoms with Crippen LogP contribution in [0.3, 0.4) is 0 Å². The van der Waals surface area contributed by atoms with Crippen LogP contribution in [-0.2, 0) is 19.6 Å². The number of hydrogen-bond acceptors (Lipinski definition) is 5. The number of ether oxygens (including phenoxy) is 1. The molecule has 0 aromatic carbocycles. The molecule has 1 atom stereocenters. The van der Waals surface area contributed by atoms with Crippen molar-refractivity contribution >= 4 is 16.0 Å². The van der Waals surface area contributed by atoms with Gasteiger partial charge in [0.1, 0.15) is 0 Å². The third kappa shape index (κ3) is 9.04. The minimum absolute atomic E-state index is 0.0426. The van der Waals surface area contributed by atoms with Crippen molar-refractivity contribution in [1.82, 2.24) is 4.72 Å². The zero-order chi connectivity index (χ0) is 13.5. The summed E-state index contributed by atoms with van der Waals surface area (Å²) in [7, 11) is -3.48. The molecular weight excluding hydrogens is 250 g/mol. The maximum absolute atomic E-state index is 11.3. The molecule has 8 heteroatoms. The Kier molecular flexibility index (Phi) is 7.28. The molecule has 0 heterocycles. The van der Waals surface area contributed by atoms with E-state index in [4.69, 9.17) is 14.9 Å². The first-order chi connectivity index (χ1) is 7.74. The normalized spacial score (nSPS) is 13.9. The summed E-state index contributed by atoms with van der Waals surface area (Å²) >= 11 is 0. The van der Waals surface area contributed by atoms with Crippen LogP contribution in [0.4, 0.5) is 0 Å². The molecule has 0 spiro atoms. The lowest BCUT2D eigenvalue weighted by Gasteiger charge is -2.10. The van der Waals surface area contributed by atoms with Crippen LogP contribution in [0.1, 0.15) is 20.3 Å². The van der Waals surface area contributed by atoms with Gasteiger partial charge in [0.25, 0.3) is 0 Å². The Labute approximate surface area is 101 Å². The lowest BCUT2D eigenvalue weighted by Crippen LogP contribution is -2.33. The average molecular weight is 269 g/mol. The van der Waals surface area contributed by atoms with Gasteiger partial charge in [-0.1, -0.05) is 0 Å². The predicted molar refractivity (Wildman–Crippen MR) is 61.1 cm³/mol. The molecule has 0 aromatic rings. The molecule has 0 amide bonds. The van der Waals surface area contributed by atoms with Gasteiger partial charge in [0.05, 0.1) is 18.5 Å². The largest absolute Gasteiger partial charge is 0.479 e. The molecule has 0 aliphatic heterocycles. The van der Waals surface area contributed by atoms with Crippen molar-refractivity contribution in [1.29, 1.82) is 0 Å². The number of sulfonamides is 1. The van der Waals surface area contributed by atoms with Gasteiger partial charge < -0.3 is 14.9 Å². The highest BCUT2D eigenvalue weighted by Gasteiger charge is 2.15. The predicted octanol–water partition coefficient (Wildman–Crippen LogP) is -0.834. The molecule has 0 saturated heterocycles. The van der Waals surface area contributed by atoms with Crippen molar-refractivity contribution in [2.24, 2.45) is 0 Å². The quantitative estimate of drug-likeness (QED) is 0.503. The number of hydrogen-bond donors (Lipinski definition) is 3. The van der Waals surface area contributed by atoms with Crippen LogP contribution in [0.2, 0.25) is 0 Å². The highest BCUT2D eigenvalue weighted by molar-refractivity contribution is 7.89. The Bertz CT molecular complexity index is 326. The Morgan fingerprint density at radius 1 is 1.41 bits per heavy atom. The van der Waals surface area contributed by atoms with Crippen LogP contribution in [0.15, 0.2) is 0 Å².